The van der Waals surface area contributed by atoms with E-state index in [9.17, 15) is 17.6 Å². The Morgan fingerprint density at radius 2 is 1.50 bits per heavy atom. The molecule has 0 fully saturated rings. The van der Waals surface area contributed by atoms with Crippen molar-refractivity contribution >= 4 is 0 Å². The summed E-state index contributed by atoms with van der Waals surface area (Å²) in [6.07, 6.45) is -3.36. The number of halogens is 4. The average molecular weight is 479 g/mol. The van der Waals surface area contributed by atoms with E-state index in [2.05, 4.69) is 29.8 Å². The zero-order chi connectivity index (χ0) is 24.5. The summed E-state index contributed by atoms with van der Waals surface area (Å²) in [5.74, 6) is -1.46. The van der Waals surface area contributed by atoms with Gasteiger partial charge in [-0.2, -0.15) is 23.1 Å². The number of benzene rings is 1. The molecule has 0 radical (unpaired) electrons. The van der Waals surface area contributed by atoms with Crippen LogP contribution in [-0.2, 0) is 6.18 Å². The summed E-state index contributed by atoms with van der Waals surface area (Å²) in [6, 6.07) is 4.34. The Balaban J connectivity index is 1.37. The van der Waals surface area contributed by atoms with Crippen molar-refractivity contribution in [1.82, 2.24) is 25.3 Å². The lowest BCUT2D eigenvalue weighted by Gasteiger charge is -2.14. The monoisotopic (exact) mass is 479 g/mol. The fourth-order valence-corrected chi connectivity index (χ4v) is 3.12. The number of pyridine rings is 1. The van der Waals surface area contributed by atoms with Crippen LogP contribution in [0.2, 0.25) is 0 Å². The average Bonchev–Trinajstić information content (AvgIpc) is 3.43. The Hall–Kier alpha value is -4.03. The molecule has 1 aromatic carbocycles. The third kappa shape index (κ3) is 4.97. The molecule has 178 valence electrons. The van der Waals surface area contributed by atoms with Gasteiger partial charge in [0.2, 0.25) is 17.5 Å². The van der Waals surface area contributed by atoms with E-state index in [0.717, 1.165) is 0 Å². The van der Waals surface area contributed by atoms with Crippen LogP contribution in [0.25, 0.3) is 22.8 Å². The van der Waals surface area contributed by atoms with Crippen molar-refractivity contribution in [1.29, 1.82) is 0 Å². The van der Waals surface area contributed by atoms with Gasteiger partial charge in [-0.25, -0.2) is 9.37 Å². The van der Waals surface area contributed by atoms with Gasteiger partial charge in [-0.1, -0.05) is 10.3 Å². The van der Waals surface area contributed by atoms with Crippen LogP contribution in [0, 0.1) is 26.6 Å². The second kappa shape index (κ2) is 9.08. The van der Waals surface area contributed by atoms with Gasteiger partial charge in [0.15, 0.2) is 5.82 Å². The third-order valence-corrected chi connectivity index (χ3v) is 4.55. The van der Waals surface area contributed by atoms with Gasteiger partial charge in [0.25, 0.3) is 5.88 Å². The molecule has 0 amide bonds. The molecule has 3 heterocycles. The largest absolute Gasteiger partial charge is 0.489 e. The number of nitrogens with zero attached hydrogens (tertiary/aromatic N) is 5. The van der Waals surface area contributed by atoms with E-state index in [-0.39, 0.29) is 30.7 Å². The number of alkyl halides is 3. The molecular weight excluding hydrogens is 462 g/mol. The summed E-state index contributed by atoms with van der Waals surface area (Å²) in [5.41, 5.74) is 1.96. The van der Waals surface area contributed by atoms with Crippen LogP contribution < -0.4 is 9.47 Å². The van der Waals surface area contributed by atoms with Gasteiger partial charge in [0, 0.05) is 24.2 Å². The molecule has 0 bridgehead atoms. The molecule has 0 saturated heterocycles. The highest BCUT2D eigenvalue weighted by atomic mass is 19.4. The lowest BCUT2D eigenvalue weighted by atomic mass is 10.1. The summed E-state index contributed by atoms with van der Waals surface area (Å²) < 4.78 is 72.6. The fraction of sp³-hybridized carbons (Fsp3) is 0.286. The quantitative estimate of drug-likeness (QED) is 0.275. The first-order valence-electron chi connectivity index (χ1n) is 9.86. The molecule has 34 heavy (non-hydrogen) atoms. The second-order valence-electron chi connectivity index (χ2n) is 7.20. The summed E-state index contributed by atoms with van der Waals surface area (Å²) in [5, 5.41) is 7.09. The maximum atomic E-state index is 14.3. The Kier molecular flexibility index (Phi) is 6.18. The highest BCUT2D eigenvalue weighted by Gasteiger charge is 2.38. The van der Waals surface area contributed by atoms with Crippen LogP contribution in [0.5, 0.6) is 11.6 Å². The molecule has 0 saturated carbocycles. The molecule has 9 nitrogen and oxygen atoms in total. The van der Waals surface area contributed by atoms with Gasteiger partial charge < -0.3 is 18.5 Å². The minimum absolute atomic E-state index is 0.00893. The molecule has 0 aliphatic heterocycles. The first-order valence-corrected chi connectivity index (χ1v) is 9.86. The summed E-state index contributed by atoms with van der Waals surface area (Å²) >= 11 is 0. The van der Waals surface area contributed by atoms with Crippen molar-refractivity contribution in [2.45, 2.75) is 26.9 Å². The van der Waals surface area contributed by atoms with Gasteiger partial charge in [-0.05, 0) is 43.2 Å². The Morgan fingerprint density at radius 1 is 0.853 bits per heavy atom. The molecule has 0 aliphatic rings. The number of hydrogen-bond donors (Lipinski definition) is 0. The normalized spacial score (nSPS) is 11.6. The first kappa shape index (κ1) is 23.1. The molecule has 0 unspecified atom stereocenters. The first-order chi connectivity index (χ1) is 16.1. The van der Waals surface area contributed by atoms with Crippen molar-refractivity contribution in [2.75, 3.05) is 13.2 Å². The second-order valence-corrected chi connectivity index (χ2v) is 7.20. The van der Waals surface area contributed by atoms with Gasteiger partial charge in [-0.15, -0.1) is 0 Å². The predicted molar refractivity (Wildman–Crippen MR) is 107 cm³/mol. The highest BCUT2D eigenvalue weighted by molar-refractivity contribution is 5.61. The molecule has 0 spiro atoms. The van der Waals surface area contributed by atoms with Crippen LogP contribution in [0.15, 0.2) is 33.4 Å². The van der Waals surface area contributed by atoms with Crippen molar-refractivity contribution < 1.29 is 36.1 Å². The van der Waals surface area contributed by atoms with Crippen molar-refractivity contribution in [3.05, 3.63) is 53.1 Å². The Labute approximate surface area is 189 Å². The minimum atomic E-state index is -4.72. The molecule has 0 aliphatic carbocycles. The van der Waals surface area contributed by atoms with E-state index in [1.54, 1.807) is 32.9 Å². The molecule has 13 heteroatoms. The highest BCUT2D eigenvalue weighted by Crippen LogP contribution is 2.32. The van der Waals surface area contributed by atoms with Crippen LogP contribution in [0.1, 0.15) is 22.9 Å². The number of ether oxygens (including phenoxy) is 2. The van der Waals surface area contributed by atoms with Crippen LogP contribution >= 0.6 is 0 Å². The van der Waals surface area contributed by atoms with Crippen molar-refractivity contribution in [3.8, 4) is 34.4 Å². The third-order valence-electron chi connectivity index (χ3n) is 4.55. The maximum Gasteiger partial charge on any atom is 0.471 e. The molecule has 3 aromatic heterocycles. The minimum Gasteiger partial charge on any atom is -0.489 e. The topological polar surface area (TPSA) is 109 Å². The smallest absolute Gasteiger partial charge is 0.471 e. The molecule has 0 N–H and O–H groups in total. The zero-order valence-corrected chi connectivity index (χ0v) is 18.1. The summed E-state index contributed by atoms with van der Waals surface area (Å²) in [4.78, 5) is 11.3. The van der Waals surface area contributed by atoms with Gasteiger partial charge in [0.1, 0.15) is 19.0 Å². The van der Waals surface area contributed by atoms with E-state index < -0.39 is 17.9 Å². The summed E-state index contributed by atoms with van der Waals surface area (Å²) in [6.45, 7) is 5.11. The van der Waals surface area contributed by atoms with E-state index in [1.165, 1.54) is 12.3 Å². The maximum absolute atomic E-state index is 14.3. The number of aromatic nitrogens is 5. The predicted octanol–water partition coefficient (Wildman–Crippen LogP) is 4.72. The zero-order valence-electron chi connectivity index (χ0n) is 18.1. The van der Waals surface area contributed by atoms with E-state index >= 15 is 0 Å². The van der Waals surface area contributed by atoms with Crippen LogP contribution in [-0.4, -0.2) is 38.5 Å². The lowest BCUT2D eigenvalue weighted by molar-refractivity contribution is -0.159. The van der Waals surface area contributed by atoms with Crippen molar-refractivity contribution in [3.63, 3.8) is 0 Å². The van der Waals surface area contributed by atoms with Crippen molar-refractivity contribution in [2.24, 2.45) is 0 Å². The molecule has 4 rings (SSSR count). The van der Waals surface area contributed by atoms with Crippen LogP contribution in [0.4, 0.5) is 17.6 Å². The van der Waals surface area contributed by atoms with Crippen LogP contribution in [0.3, 0.4) is 0 Å². The van der Waals surface area contributed by atoms with E-state index in [4.69, 9.17) is 14.0 Å². The lowest BCUT2D eigenvalue weighted by Crippen LogP contribution is -2.12. The SMILES string of the molecule is Cc1nc(-c2cnc(OCCOc3c(C)cc(-c4noc(C(F)(F)F)n4)cc3C)c(F)c2)no1. The van der Waals surface area contributed by atoms with E-state index in [1.807, 2.05) is 0 Å². The number of hydrogen-bond acceptors (Lipinski definition) is 9. The number of aryl methyl sites for hydroxylation is 3. The molecule has 0 atom stereocenters. The van der Waals surface area contributed by atoms with Gasteiger partial charge >= 0.3 is 12.1 Å². The van der Waals surface area contributed by atoms with Gasteiger partial charge in [-0.3, -0.25) is 0 Å². The standard InChI is InChI=1S/C21H17F4N5O4/c1-10-6-13(17-28-20(34-30-17)21(23,24)25)7-11(2)16(10)31-4-5-32-19-15(22)8-14(9-26-19)18-27-12(3)33-29-18/h6-9H,4-5H2,1-3H3. The molecule has 4 aromatic rings. The Morgan fingerprint density at radius 3 is 2.09 bits per heavy atom. The fourth-order valence-electron chi connectivity index (χ4n) is 3.12. The summed E-state index contributed by atoms with van der Waals surface area (Å²) in [7, 11) is 0. The Bertz CT molecular complexity index is 1300. The number of rotatable bonds is 7. The molecular formula is C21H17F4N5O4. The van der Waals surface area contributed by atoms with Gasteiger partial charge in [0.05, 0.1) is 0 Å². The van der Waals surface area contributed by atoms with E-state index in [0.29, 0.717) is 33.9 Å².